The Balaban J connectivity index is 2.24. The third-order valence-electron chi connectivity index (χ3n) is 6.25. The first kappa shape index (κ1) is 26.5. The smallest absolute Gasteiger partial charge is 0.340 e. The van der Waals surface area contributed by atoms with Crippen molar-refractivity contribution in [3.05, 3.63) is 77.6 Å². The van der Waals surface area contributed by atoms with E-state index < -0.39 is 17.9 Å². The molecule has 0 unspecified atom stereocenters. The van der Waals surface area contributed by atoms with Crippen LogP contribution in [0.15, 0.2) is 60.7 Å². The summed E-state index contributed by atoms with van der Waals surface area (Å²) < 4.78 is 22.9. The number of nitrogens with zero attached hydrogens (tertiary/aromatic N) is 1. The molecular formula is C30H29NO7. The largest absolute Gasteiger partial charge is 0.497 e. The van der Waals surface area contributed by atoms with Crippen LogP contribution in [-0.4, -0.2) is 49.9 Å². The van der Waals surface area contributed by atoms with Crippen molar-refractivity contribution >= 4 is 34.3 Å². The summed E-state index contributed by atoms with van der Waals surface area (Å²) in [7, 11) is 2.88. The lowest BCUT2D eigenvalue weighted by molar-refractivity contribution is -0.139. The molecule has 2 aliphatic carbocycles. The minimum atomic E-state index is -0.721. The van der Waals surface area contributed by atoms with Gasteiger partial charge in [-0.3, -0.25) is 0 Å². The lowest BCUT2D eigenvalue weighted by Crippen LogP contribution is -2.14. The van der Waals surface area contributed by atoms with Gasteiger partial charge in [-0.2, -0.15) is 0 Å². The second kappa shape index (κ2) is 11.2. The molecule has 0 N–H and O–H groups in total. The van der Waals surface area contributed by atoms with Crippen molar-refractivity contribution in [1.82, 2.24) is 4.57 Å². The van der Waals surface area contributed by atoms with Crippen LogP contribution in [0, 0.1) is 6.92 Å². The van der Waals surface area contributed by atoms with Crippen LogP contribution in [0.4, 0.5) is 0 Å². The average Bonchev–Trinajstić information content (AvgIpc) is 3.26. The van der Waals surface area contributed by atoms with Gasteiger partial charge >= 0.3 is 17.9 Å². The highest BCUT2D eigenvalue weighted by molar-refractivity contribution is 6.29. The molecule has 0 aliphatic heterocycles. The van der Waals surface area contributed by atoms with Gasteiger partial charge in [0.2, 0.25) is 0 Å². The maximum absolute atomic E-state index is 13.4. The number of aromatic nitrogens is 1. The molecule has 0 saturated heterocycles. The summed E-state index contributed by atoms with van der Waals surface area (Å²) in [6.45, 7) is 5.48. The molecule has 0 atom stereocenters. The molecular weight excluding hydrogens is 486 g/mol. The number of esters is 3. The number of ether oxygens (including phenoxy) is 4. The van der Waals surface area contributed by atoms with Crippen molar-refractivity contribution in [3.63, 3.8) is 0 Å². The van der Waals surface area contributed by atoms with Gasteiger partial charge in [-0.15, -0.1) is 0 Å². The molecule has 4 rings (SSSR count). The third-order valence-corrected chi connectivity index (χ3v) is 6.25. The first-order chi connectivity index (χ1) is 18.4. The Labute approximate surface area is 220 Å². The maximum atomic E-state index is 13.4. The number of aryl methyl sites for hydroxylation is 1. The standard InChI is InChI=1S/C30H29NO7/c1-6-37-24(32)17-23(29(33)38-7-2)28-27-25(18(3)31(28)19-13-15-20(35-4)16-14-19)21-11-9-8-10-12-22(21)26(27)30(34)36-5/h8-17H,6-7H2,1-5H3/b23-17-. The molecule has 0 amide bonds. The highest BCUT2D eigenvalue weighted by atomic mass is 16.5. The molecule has 2 aromatic rings. The summed E-state index contributed by atoms with van der Waals surface area (Å²) in [5, 5.41) is 1.23. The van der Waals surface area contributed by atoms with Crippen molar-refractivity contribution in [3.8, 4) is 22.6 Å². The second-order valence-corrected chi connectivity index (χ2v) is 8.35. The van der Waals surface area contributed by atoms with Crippen LogP contribution >= 0.6 is 0 Å². The molecule has 1 heterocycles. The summed E-state index contributed by atoms with van der Waals surface area (Å²) in [6.07, 6.45) is 1.12. The molecule has 0 spiro atoms. The monoisotopic (exact) mass is 515 g/mol. The van der Waals surface area contributed by atoms with E-state index in [2.05, 4.69) is 0 Å². The summed E-state index contributed by atoms with van der Waals surface area (Å²) in [5.41, 5.74) is 3.49. The number of carbonyl (C=O) groups is 3. The van der Waals surface area contributed by atoms with Gasteiger partial charge in [0.25, 0.3) is 0 Å². The zero-order valence-corrected chi connectivity index (χ0v) is 22.0. The lowest BCUT2D eigenvalue weighted by atomic mass is 10.0. The van der Waals surface area contributed by atoms with E-state index in [0.29, 0.717) is 28.1 Å². The fourth-order valence-electron chi connectivity index (χ4n) is 4.74. The van der Waals surface area contributed by atoms with Crippen molar-refractivity contribution in [2.45, 2.75) is 20.8 Å². The van der Waals surface area contributed by atoms with Gasteiger partial charge in [-0.1, -0.05) is 30.3 Å². The minimum Gasteiger partial charge on any atom is -0.497 e. The number of benzene rings is 1. The number of hydrogen-bond acceptors (Lipinski definition) is 7. The van der Waals surface area contributed by atoms with Gasteiger partial charge in [-0.25, -0.2) is 14.4 Å². The fourth-order valence-corrected chi connectivity index (χ4v) is 4.74. The van der Waals surface area contributed by atoms with E-state index >= 15 is 0 Å². The van der Waals surface area contributed by atoms with Crippen molar-refractivity contribution in [2.75, 3.05) is 27.4 Å². The molecule has 0 radical (unpaired) electrons. The first-order valence-corrected chi connectivity index (χ1v) is 12.2. The Morgan fingerprint density at radius 2 is 1.50 bits per heavy atom. The number of fused-ring (bicyclic) bond motifs is 3. The van der Waals surface area contributed by atoms with Crippen molar-refractivity contribution < 1.29 is 33.3 Å². The van der Waals surface area contributed by atoms with Crippen LogP contribution in [0.3, 0.4) is 0 Å². The average molecular weight is 516 g/mol. The Morgan fingerprint density at radius 3 is 2.11 bits per heavy atom. The summed E-state index contributed by atoms with van der Waals surface area (Å²) in [4.78, 5) is 39.3. The molecule has 0 fully saturated rings. The first-order valence-electron chi connectivity index (χ1n) is 12.2. The van der Waals surface area contributed by atoms with Crippen LogP contribution in [0.25, 0.3) is 33.2 Å². The number of carbonyl (C=O) groups excluding carboxylic acids is 3. The molecule has 0 saturated carbocycles. The number of methoxy groups -OCH3 is 2. The van der Waals surface area contributed by atoms with Crippen LogP contribution in [-0.2, 0) is 23.8 Å². The molecule has 0 bridgehead atoms. The maximum Gasteiger partial charge on any atom is 0.340 e. The predicted molar refractivity (Wildman–Crippen MR) is 144 cm³/mol. The Morgan fingerprint density at radius 1 is 0.842 bits per heavy atom. The van der Waals surface area contributed by atoms with E-state index in [9.17, 15) is 14.4 Å². The van der Waals surface area contributed by atoms with E-state index in [-0.39, 0.29) is 24.4 Å². The summed E-state index contributed by atoms with van der Waals surface area (Å²) in [6, 6.07) is 16.6. The topological polar surface area (TPSA) is 93.1 Å². The van der Waals surface area contributed by atoms with E-state index in [1.165, 1.54) is 7.11 Å². The van der Waals surface area contributed by atoms with E-state index in [1.807, 2.05) is 54.0 Å². The fraction of sp³-hybridized carbons (Fsp3) is 0.233. The van der Waals surface area contributed by atoms with Crippen LogP contribution < -0.4 is 4.74 Å². The molecule has 8 heteroatoms. The number of hydrogen-bond donors (Lipinski definition) is 0. The third kappa shape index (κ3) is 4.61. The van der Waals surface area contributed by atoms with Gasteiger partial charge in [0, 0.05) is 28.2 Å². The number of rotatable bonds is 8. The van der Waals surface area contributed by atoms with Crippen LogP contribution in [0.1, 0.15) is 35.6 Å². The van der Waals surface area contributed by atoms with Crippen LogP contribution in [0.5, 0.6) is 5.75 Å². The predicted octanol–water partition coefficient (Wildman–Crippen LogP) is 5.35. The van der Waals surface area contributed by atoms with Crippen molar-refractivity contribution in [1.29, 1.82) is 0 Å². The Bertz CT molecular complexity index is 1510. The van der Waals surface area contributed by atoms with Gasteiger partial charge in [0.15, 0.2) is 0 Å². The molecule has 2 aliphatic rings. The quantitative estimate of drug-likeness (QED) is 0.177. The van der Waals surface area contributed by atoms with Crippen molar-refractivity contribution in [2.24, 2.45) is 0 Å². The second-order valence-electron chi connectivity index (χ2n) is 8.35. The SMILES string of the molecule is CCOC(=O)/C=C(\C(=O)OCC)c1c2c(C(=O)OC)c3cccccc-3c2c(C)n1-c1ccc(OC)cc1. The zero-order chi connectivity index (χ0) is 27.4. The van der Waals surface area contributed by atoms with Gasteiger partial charge in [-0.05, 0) is 56.2 Å². The summed E-state index contributed by atoms with van der Waals surface area (Å²) in [5.74, 6) is -1.34. The molecule has 38 heavy (non-hydrogen) atoms. The molecule has 1 aromatic heterocycles. The molecule has 8 nitrogen and oxygen atoms in total. The van der Waals surface area contributed by atoms with Gasteiger partial charge in [0.05, 0.1) is 44.3 Å². The lowest BCUT2D eigenvalue weighted by Gasteiger charge is -2.16. The Kier molecular flexibility index (Phi) is 7.81. The highest BCUT2D eigenvalue weighted by Gasteiger charge is 2.34. The van der Waals surface area contributed by atoms with Crippen LogP contribution in [0.2, 0.25) is 0 Å². The van der Waals surface area contributed by atoms with E-state index in [0.717, 1.165) is 22.7 Å². The molecule has 196 valence electrons. The zero-order valence-electron chi connectivity index (χ0n) is 22.0. The Hall–Kier alpha value is -4.59. The van der Waals surface area contributed by atoms with E-state index in [1.54, 1.807) is 33.1 Å². The normalized spacial score (nSPS) is 11.4. The van der Waals surface area contributed by atoms with Gasteiger partial charge in [0.1, 0.15) is 5.75 Å². The minimum absolute atomic E-state index is 0.0379. The van der Waals surface area contributed by atoms with E-state index in [4.69, 9.17) is 18.9 Å². The highest BCUT2D eigenvalue weighted by Crippen LogP contribution is 2.46. The summed E-state index contributed by atoms with van der Waals surface area (Å²) >= 11 is 0. The molecule has 1 aromatic carbocycles. The van der Waals surface area contributed by atoms with Gasteiger partial charge < -0.3 is 23.5 Å².